The van der Waals surface area contributed by atoms with E-state index < -0.39 is 0 Å². The Kier molecular flexibility index (Phi) is 6.07. The Hall–Kier alpha value is -2.50. The van der Waals surface area contributed by atoms with Gasteiger partial charge in [0, 0.05) is 24.5 Å². The minimum atomic E-state index is -0.363. The predicted molar refractivity (Wildman–Crippen MR) is 93.8 cm³/mol. The Balaban J connectivity index is 2.33. The number of carbonyl (C=O) groups excluding carboxylic acids is 2. The molecule has 0 aliphatic rings. The van der Waals surface area contributed by atoms with Crippen molar-refractivity contribution in [2.75, 3.05) is 20.2 Å². The first-order valence-electron chi connectivity index (χ1n) is 8.24. The van der Waals surface area contributed by atoms with Crippen LogP contribution in [0.3, 0.4) is 0 Å². The van der Waals surface area contributed by atoms with Crippen molar-refractivity contribution in [1.82, 2.24) is 9.88 Å². The highest BCUT2D eigenvalue weighted by molar-refractivity contribution is 5.98. The van der Waals surface area contributed by atoms with Crippen molar-refractivity contribution in [3.8, 4) is 0 Å². The third-order valence-electron chi connectivity index (χ3n) is 3.89. The SMILES string of the molecule is COC(=O)CCN(CC(C)C)C(=O)c1cc2ccc(F)cc2nc1C. The van der Waals surface area contributed by atoms with Crippen LogP contribution in [0.15, 0.2) is 24.3 Å². The second kappa shape index (κ2) is 8.05. The number of rotatable bonds is 6. The normalized spacial score (nSPS) is 11.0. The van der Waals surface area contributed by atoms with Crippen molar-refractivity contribution in [2.24, 2.45) is 5.92 Å². The lowest BCUT2D eigenvalue weighted by Crippen LogP contribution is -2.36. The maximum atomic E-state index is 13.3. The molecule has 1 amide bonds. The summed E-state index contributed by atoms with van der Waals surface area (Å²) in [5, 5.41) is 0.702. The predicted octanol–water partition coefficient (Wildman–Crippen LogP) is 3.34. The van der Waals surface area contributed by atoms with Gasteiger partial charge in [-0.3, -0.25) is 14.6 Å². The summed E-state index contributed by atoms with van der Waals surface area (Å²) in [6, 6.07) is 6.02. The van der Waals surface area contributed by atoms with Crippen molar-refractivity contribution in [3.63, 3.8) is 0 Å². The highest BCUT2D eigenvalue weighted by Crippen LogP contribution is 2.20. The second-order valence-electron chi connectivity index (χ2n) is 6.43. The van der Waals surface area contributed by atoms with E-state index in [0.717, 1.165) is 0 Å². The average molecular weight is 346 g/mol. The minimum absolute atomic E-state index is 0.139. The number of nitrogens with zero attached hydrogens (tertiary/aromatic N) is 2. The molecule has 1 heterocycles. The number of ether oxygens (including phenoxy) is 1. The first kappa shape index (κ1) is 18.8. The lowest BCUT2D eigenvalue weighted by Gasteiger charge is -2.25. The summed E-state index contributed by atoms with van der Waals surface area (Å²) in [5.41, 5.74) is 1.51. The Bertz CT molecular complexity index is 790. The van der Waals surface area contributed by atoms with E-state index in [1.807, 2.05) is 13.8 Å². The lowest BCUT2D eigenvalue weighted by atomic mass is 10.1. The van der Waals surface area contributed by atoms with Crippen LogP contribution in [0.1, 0.15) is 36.3 Å². The molecule has 134 valence electrons. The molecule has 0 unspecified atom stereocenters. The monoisotopic (exact) mass is 346 g/mol. The number of benzene rings is 1. The van der Waals surface area contributed by atoms with Gasteiger partial charge in [-0.1, -0.05) is 13.8 Å². The van der Waals surface area contributed by atoms with Gasteiger partial charge in [0.05, 0.1) is 30.3 Å². The molecule has 0 fully saturated rings. The molecule has 6 heteroatoms. The molecule has 1 aromatic carbocycles. The van der Waals surface area contributed by atoms with E-state index in [9.17, 15) is 14.0 Å². The van der Waals surface area contributed by atoms with Crippen LogP contribution in [0, 0.1) is 18.7 Å². The average Bonchev–Trinajstić information content (AvgIpc) is 2.56. The number of hydrogen-bond acceptors (Lipinski definition) is 4. The number of aromatic nitrogens is 1. The highest BCUT2D eigenvalue weighted by atomic mass is 19.1. The smallest absolute Gasteiger partial charge is 0.307 e. The van der Waals surface area contributed by atoms with Crippen LogP contribution >= 0.6 is 0 Å². The van der Waals surface area contributed by atoms with E-state index in [1.54, 1.807) is 24.0 Å². The summed E-state index contributed by atoms with van der Waals surface area (Å²) < 4.78 is 18.0. The fraction of sp³-hybridized carbons (Fsp3) is 0.421. The molecule has 0 spiro atoms. The third kappa shape index (κ3) is 4.75. The molecular formula is C19H23FN2O3. The highest BCUT2D eigenvalue weighted by Gasteiger charge is 2.21. The van der Waals surface area contributed by atoms with E-state index in [2.05, 4.69) is 9.72 Å². The van der Waals surface area contributed by atoms with Gasteiger partial charge in [0.25, 0.3) is 5.91 Å². The van der Waals surface area contributed by atoms with Gasteiger partial charge in [-0.25, -0.2) is 4.39 Å². The quantitative estimate of drug-likeness (QED) is 0.753. The van der Waals surface area contributed by atoms with Crippen LogP contribution in [-0.2, 0) is 9.53 Å². The topological polar surface area (TPSA) is 59.5 Å². The van der Waals surface area contributed by atoms with Crippen molar-refractivity contribution in [3.05, 3.63) is 41.3 Å². The Morgan fingerprint density at radius 1 is 1.28 bits per heavy atom. The molecule has 1 aromatic heterocycles. The van der Waals surface area contributed by atoms with Crippen LogP contribution in [0.2, 0.25) is 0 Å². The molecule has 0 radical (unpaired) electrons. The van der Waals surface area contributed by atoms with Crippen molar-refractivity contribution < 1.29 is 18.7 Å². The van der Waals surface area contributed by atoms with Gasteiger partial charge in [-0.15, -0.1) is 0 Å². The van der Waals surface area contributed by atoms with Crippen LogP contribution in [0.5, 0.6) is 0 Å². The van der Waals surface area contributed by atoms with Gasteiger partial charge in [0.2, 0.25) is 0 Å². The summed E-state index contributed by atoms with van der Waals surface area (Å²) in [6.07, 6.45) is 0.139. The van der Waals surface area contributed by atoms with Gasteiger partial charge >= 0.3 is 5.97 Å². The van der Waals surface area contributed by atoms with Crippen LogP contribution in [-0.4, -0.2) is 42.0 Å². The van der Waals surface area contributed by atoms with E-state index in [4.69, 9.17) is 0 Å². The van der Waals surface area contributed by atoms with Gasteiger partial charge < -0.3 is 9.64 Å². The molecule has 0 saturated carbocycles. The summed E-state index contributed by atoms with van der Waals surface area (Å²) in [4.78, 5) is 30.4. The molecule has 0 aliphatic carbocycles. The second-order valence-corrected chi connectivity index (χ2v) is 6.43. The number of aryl methyl sites for hydroxylation is 1. The standard InChI is InChI=1S/C19H23FN2O3/c1-12(2)11-22(8-7-18(23)25-4)19(24)16-9-14-5-6-15(20)10-17(14)21-13(16)3/h5-6,9-10,12H,7-8,11H2,1-4H3. The summed E-state index contributed by atoms with van der Waals surface area (Å²) in [5.74, 6) is -0.651. The fourth-order valence-electron chi connectivity index (χ4n) is 2.67. The first-order valence-corrected chi connectivity index (χ1v) is 8.24. The van der Waals surface area contributed by atoms with Gasteiger partial charge in [-0.2, -0.15) is 0 Å². The molecule has 0 atom stereocenters. The number of fused-ring (bicyclic) bond motifs is 1. The van der Waals surface area contributed by atoms with E-state index >= 15 is 0 Å². The minimum Gasteiger partial charge on any atom is -0.469 e. The van der Waals surface area contributed by atoms with Gasteiger partial charge in [0.1, 0.15) is 5.82 Å². The number of carbonyl (C=O) groups is 2. The maximum absolute atomic E-state index is 13.3. The summed E-state index contributed by atoms with van der Waals surface area (Å²) in [7, 11) is 1.33. The molecule has 0 aliphatic heterocycles. The molecule has 0 N–H and O–H groups in total. The zero-order valence-electron chi connectivity index (χ0n) is 15.0. The van der Waals surface area contributed by atoms with Crippen LogP contribution < -0.4 is 0 Å². The number of methoxy groups -OCH3 is 1. The van der Waals surface area contributed by atoms with Crippen molar-refractivity contribution in [2.45, 2.75) is 27.2 Å². The maximum Gasteiger partial charge on any atom is 0.307 e. The van der Waals surface area contributed by atoms with Gasteiger partial charge in [0.15, 0.2) is 0 Å². The van der Waals surface area contributed by atoms with Crippen molar-refractivity contribution >= 4 is 22.8 Å². The summed E-state index contributed by atoms with van der Waals surface area (Å²) in [6.45, 7) is 6.55. The van der Waals surface area contributed by atoms with E-state index in [-0.39, 0.29) is 36.6 Å². The number of pyridine rings is 1. The fourth-order valence-corrected chi connectivity index (χ4v) is 2.67. The molecule has 2 rings (SSSR count). The zero-order valence-corrected chi connectivity index (χ0v) is 15.0. The molecule has 25 heavy (non-hydrogen) atoms. The molecular weight excluding hydrogens is 323 g/mol. The van der Waals surface area contributed by atoms with Gasteiger partial charge in [-0.05, 0) is 31.0 Å². The summed E-state index contributed by atoms with van der Waals surface area (Å²) >= 11 is 0. The largest absolute Gasteiger partial charge is 0.469 e. The molecule has 2 aromatic rings. The zero-order chi connectivity index (χ0) is 18.6. The van der Waals surface area contributed by atoms with E-state index in [0.29, 0.717) is 28.7 Å². The number of amides is 1. The Morgan fingerprint density at radius 3 is 2.64 bits per heavy atom. The molecule has 0 bridgehead atoms. The van der Waals surface area contributed by atoms with Crippen LogP contribution in [0.25, 0.3) is 10.9 Å². The molecule has 0 saturated heterocycles. The number of halogens is 1. The molecule has 5 nitrogen and oxygen atoms in total. The number of hydrogen-bond donors (Lipinski definition) is 0. The van der Waals surface area contributed by atoms with Crippen LogP contribution in [0.4, 0.5) is 4.39 Å². The van der Waals surface area contributed by atoms with E-state index in [1.165, 1.54) is 19.2 Å². The first-order chi connectivity index (χ1) is 11.8. The third-order valence-corrected chi connectivity index (χ3v) is 3.89. The number of esters is 1. The lowest BCUT2D eigenvalue weighted by molar-refractivity contribution is -0.140. The Labute approximate surface area is 146 Å². The Morgan fingerprint density at radius 2 is 2.00 bits per heavy atom. The van der Waals surface area contributed by atoms with Crippen molar-refractivity contribution in [1.29, 1.82) is 0 Å².